The van der Waals surface area contributed by atoms with Gasteiger partial charge in [0.05, 0.1) is 18.2 Å². The molecule has 0 saturated carbocycles. The van der Waals surface area contributed by atoms with Crippen molar-refractivity contribution >= 4 is 17.7 Å². The SMILES string of the molecule is CCOC(=O)c1ccc2c(c1)[C@H](NC(=O)OCc1ccccc1)[C@@H](C)[C@H](CC)N2. The van der Waals surface area contributed by atoms with Crippen molar-refractivity contribution in [3.05, 3.63) is 65.2 Å². The van der Waals surface area contributed by atoms with Crippen molar-refractivity contribution in [3.63, 3.8) is 0 Å². The largest absolute Gasteiger partial charge is 0.462 e. The van der Waals surface area contributed by atoms with Crippen molar-refractivity contribution in [2.24, 2.45) is 5.92 Å². The number of hydrogen-bond acceptors (Lipinski definition) is 5. The summed E-state index contributed by atoms with van der Waals surface area (Å²) in [5.41, 5.74) is 3.18. The zero-order valence-corrected chi connectivity index (χ0v) is 17.1. The van der Waals surface area contributed by atoms with Gasteiger partial charge in [-0.05, 0) is 42.7 Å². The van der Waals surface area contributed by atoms with Crippen LogP contribution in [0.2, 0.25) is 0 Å². The van der Waals surface area contributed by atoms with Crippen molar-refractivity contribution in [1.29, 1.82) is 0 Å². The smallest absolute Gasteiger partial charge is 0.407 e. The molecule has 0 bridgehead atoms. The Kier molecular flexibility index (Phi) is 6.75. The minimum Gasteiger partial charge on any atom is -0.462 e. The quantitative estimate of drug-likeness (QED) is 0.694. The number of nitrogens with one attached hydrogen (secondary N) is 2. The van der Waals surface area contributed by atoms with E-state index in [0.29, 0.717) is 12.2 Å². The van der Waals surface area contributed by atoms with Gasteiger partial charge in [-0.1, -0.05) is 44.2 Å². The first kappa shape index (κ1) is 20.7. The van der Waals surface area contributed by atoms with Crippen LogP contribution in [-0.4, -0.2) is 24.7 Å². The highest BCUT2D eigenvalue weighted by Crippen LogP contribution is 2.38. The second kappa shape index (κ2) is 9.45. The van der Waals surface area contributed by atoms with Gasteiger partial charge in [-0.25, -0.2) is 9.59 Å². The molecule has 3 rings (SSSR count). The van der Waals surface area contributed by atoms with Crippen molar-refractivity contribution in [3.8, 4) is 0 Å². The number of ether oxygens (including phenoxy) is 2. The van der Waals surface area contributed by atoms with Crippen LogP contribution in [-0.2, 0) is 16.1 Å². The summed E-state index contributed by atoms with van der Waals surface area (Å²) in [6, 6.07) is 14.9. The molecule has 0 saturated heterocycles. The Morgan fingerprint density at radius 2 is 1.83 bits per heavy atom. The number of esters is 1. The third kappa shape index (κ3) is 4.88. The minimum absolute atomic E-state index is 0.120. The van der Waals surface area contributed by atoms with E-state index in [2.05, 4.69) is 24.5 Å². The summed E-state index contributed by atoms with van der Waals surface area (Å²) in [6.07, 6.45) is 0.437. The van der Waals surface area contributed by atoms with E-state index in [4.69, 9.17) is 9.47 Å². The van der Waals surface area contributed by atoms with Crippen LogP contribution in [0.1, 0.15) is 54.7 Å². The monoisotopic (exact) mass is 396 g/mol. The fraction of sp³-hybridized carbons (Fsp3) is 0.391. The molecule has 6 nitrogen and oxygen atoms in total. The number of rotatable bonds is 6. The van der Waals surface area contributed by atoms with Crippen LogP contribution in [0, 0.1) is 5.92 Å². The van der Waals surface area contributed by atoms with Crippen molar-refractivity contribution < 1.29 is 19.1 Å². The number of carbonyl (C=O) groups excluding carboxylic acids is 2. The molecule has 0 unspecified atom stereocenters. The van der Waals surface area contributed by atoms with E-state index in [1.165, 1.54) is 0 Å². The van der Waals surface area contributed by atoms with Crippen LogP contribution in [0.5, 0.6) is 0 Å². The molecule has 29 heavy (non-hydrogen) atoms. The Labute approximate surface area is 171 Å². The molecule has 2 N–H and O–H groups in total. The molecule has 2 aromatic carbocycles. The van der Waals surface area contributed by atoms with E-state index in [9.17, 15) is 9.59 Å². The van der Waals surface area contributed by atoms with Crippen LogP contribution in [0.3, 0.4) is 0 Å². The highest BCUT2D eigenvalue weighted by atomic mass is 16.5. The first-order valence-corrected chi connectivity index (χ1v) is 10.1. The van der Waals surface area contributed by atoms with Crippen LogP contribution in [0.15, 0.2) is 48.5 Å². The lowest BCUT2D eigenvalue weighted by Gasteiger charge is -2.39. The zero-order chi connectivity index (χ0) is 20.8. The van der Waals surface area contributed by atoms with Crippen molar-refractivity contribution in [2.75, 3.05) is 11.9 Å². The van der Waals surface area contributed by atoms with Crippen LogP contribution >= 0.6 is 0 Å². The van der Waals surface area contributed by atoms with Gasteiger partial charge < -0.3 is 20.1 Å². The Balaban J connectivity index is 1.79. The number of anilines is 1. The Morgan fingerprint density at radius 3 is 2.52 bits per heavy atom. The van der Waals surface area contributed by atoms with E-state index in [1.54, 1.807) is 19.1 Å². The lowest BCUT2D eigenvalue weighted by Crippen LogP contribution is -2.43. The Morgan fingerprint density at radius 1 is 1.07 bits per heavy atom. The summed E-state index contributed by atoms with van der Waals surface area (Å²) in [7, 11) is 0. The predicted molar refractivity (Wildman–Crippen MR) is 112 cm³/mol. The second-order valence-corrected chi connectivity index (χ2v) is 7.22. The normalized spacial score (nSPS) is 20.2. The lowest BCUT2D eigenvalue weighted by atomic mass is 9.82. The number of amides is 1. The number of benzene rings is 2. The van der Waals surface area contributed by atoms with Gasteiger partial charge in [-0.2, -0.15) is 0 Å². The molecule has 0 fully saturated rings. The number of alkyl carbamates (subject to hydrolysis) is 1. The van der Waals surface area contributed by atoms with E-state index in [-0.39, 0.29) is 30.6 Å². The van der Waals surface area contributed by atoms with Crippen LogP contribution in [0.25, 0.3) is 0 Å². The van der Waals surface area contributed by atoms with E-state index < -0.39 is 6.09 Å². The summed E-state index contributed by atoms with van der Waals surface area (Å²) in [5, 5.41) is 6.52. The molecule has 2 aromatic rings. The molecule has 0 aliphatic carbocycles. The molecule has 0 radical (unpaired) electrons. The average molecular weight is 396 g/mol. The predicted octanol–water partition coefficient (Wildman–Crippen LogP) is 4.67. The topological polar surface area (TPSA) is 76.7 Å². The summed E-state index contributed by atoms with van der Waals surface area (Å²) < 4.78 is 10.5. The molecule has 1 aliphatic heterocycles. The molecule has 3 atom stereocenters. The summed E-state index contributed by atoms with van der Waals surface area (Å²) in [6.45, 7) is 6.49. The van der Waals surface area contributed by atoms with E-state index in [0.717, 1.165) is 23.2 Å². The molecule has 0 spiro atoms. The van der Waals surface area contributed by atoms with Crippen LogP contribution in [0.4, 0.5) is 10.5 Å². The van der Waals surface area contributed by atoms with Gasteiger partial charge in [0.2, 0.25) is 0 Å². The van der Waals surface area contributed by atoms with Gasteiger partial charge in [-0.3, -0.25) is 0 Å². The summed E-state index contributed by atoms with van der Waals surface area (Å²) in [5.74, 6) is -0.250. The number of fused-ring (bicyclic) bond motifs is 1. The summed E-state index contributed by atoms with van der Waals surface area (Å²) in [4.78, 5) is 24.7. The van der Waals surface area contributed by atoms with Gasteiger partial charge in [-0.15, -0.1) is 0 Å². The average Bonchev–Trinajstić information content (AvgIpc) is 2.74. The molecular formula is C23H28N2O4. The maximum Gasteiger partial charge on any atom is 0.407 e. The van der Waals surface area contributed by atoms with E-state index >= 15 is 0 Å². The third-order valence-electron chi connectivity index (χ3n) is 5.33. The minimum atomic E-state index is -0.477. The van der Waals surface area contributed by atoms with Crippen molar-refractivity contribution in [2.45, 2.75) is 45.9 Å². The third-order valence-corrected chi connectivity index (χ3v) is 5.33. The van der Waals surface area contributed by atoms with Crippen LogP contribution < -0.4 is 10.6 Å². The molecule has 154 valence electrons. The van der Waals surface area contributed by atoms with Gasteiger partial charge in [0.1, 0.15) is 6.61 Å². The molecule has 0 aromatic heterocycles. The fourth-order valence-corrected chi connectivity index (χ4v) is 3.71. The van der Waals surface area contributed by atoms with Gasteiger partial charge in [0, 0.05) is 17.6 Å². The molecule has 1 aliphatic rings. The highest BCUT2D eigenvalue weighted by Gasteiger charge is 2.34. The van der Waals surface area contributed by atoms with E-state index in [1.807, 2.05) is 36.4 Å². The van der Waals surface area contributed by atoms with Crippen molar-refractivity contribution in [1.82, 2.24) is 5.32 Å². The molecular weight excluding hydrogens is 368 g/mol. The Hall–Kier alpha value is -3.02. The molecule has 6 heteroatoms. The first-order chi connectivity index (χ1) is 14.0. The number of carbonyl (C=O) groups is 2. The second-order valence-electron chi connectivity index (χ2n) is 7.22. The lowest BCUT2D eigenvalue weighted by molar-refractivity contribution is 0.0526. The standard InChI is InChI=1S/C23H28N2O4/c1-4-19-15(3)21(25-23(27)29-14-16-9-7-6-8-10-16)18-13-17(22(26)28-5-2)11-12-20(18)24-19/h6-13,15,19,21,24H,4-5,14H2,1-3H3,(H,25,27)/t15-,19-,21+/m0/s1. The summed E-state index contributed by atoms with van der Waals surface area (Å²) >= 11 is 0. The van der Waals surface area contributed by atoms with Gasteiger partial charge in [0.15, 0.2) is 0 Å². The van der Waals surface area contributed by atoms with Gasteiger partial charge >= 0.3 is 12.1 Å². The molecule has 1 amide bonds. The highest BCUT2D eigenvalue weighted by molar-refractivity contribution is 5.90. The number of hydrogen-bond donors (Lipinski definition) is 2. The maximum atomic E-state index is 12.5. The Bertz CT molecular complexity index is 853. The molecule has 1 heterocycles. The zero-order valence-electron chi connectivity index (χ0n) is 17.1. The first-order valence-electron chi connectivity index (χ1n) is 10.1. The maximum absolute atomic E-state index is 12.5. The fourth-order valence-electron chi connectivity index (χ4n) is 3.71. The van der Waals surface area contributed by atoms with Gasteiger partial charge in [0.25, 0.3) is 0 Å².